The third kappa shape index (κ3) is 5.80. The molecule has 16 heavy (non-hydrogen) atoms. The quantitative estimate of drug-likeness (QED) is 0.557. The van der Waals surface area contributed by atoms with E-state index < -0.39 is 0 Å². The van der Waals surface area contributed by atoms with E-state index in [2.05, 4.69) is 11.8 Å². The molecular weight excluding hydrogens is 206 g/mol. The van der Waals surface area contributed by atoms with Crippen LogP contribution in [0, 0.1) is 0 Å². The van der Waals surface area contributed by atoms with Crippen LogP contribution in [0.1, 0.15) is 19.8 Å². The van der Waals surface area contributed by atoms with Crippen molar-refractivity contribution in [2.24, 2.45) is 0 Å². The van der Waals surface area contributed by atoms with E-state index in [-0.39, 0.29) is 0 Å². The Balaban J connectivity index is 1.90. The van der Waals surface area contributed by atoms with E-state index in [0.29, 0.717) is 32.5 Å². The molecule has 0 aromatic heterocycles. The predicted molar refractivity (Wildman–Crippen MR) is 63.8 cm³/mol. The van der Waals surface area contributed by atoms with Crippen molar-refractivity contribution in [2.45, 2.75) is 25.9 Å². The van der Waals surface area contributed by atoms with Crippen LogP contribution in [0.2, 0.25) is 0 Å². The summed E-state index contributed by atoms with van der Waals surface area (Å²) >= 11 is 0. The van der Waals surface area contributed by atoms with Crippen molar-refractivity contribution in [1.82, 2.24) is 4.90 Å². The molecule has 0 N–H and O–H groups in total. The van der Waals surface area contributed by atoms with Gasteiger partial charge in [0.05, 0.1) is 32.5 Å². The number of rotatable bonds is 9. The number of nitrogens with zero attached hydrogens (tertiary/aromatic N) is 1. The third-order valence-corrected chi connectivity index (χ3v) is 2.78. The zero-order valence-electron chi connectivity index (χ0n) is 10.6. The fraction of sp³-hybridized carbons (Fsp3) is 1.00. The lowest BCUT2D eigenvalue weighted by molar-refractivity contribution is -0.00277. The minimum atomic E-state index is 0.414. The summed E-state index contributed by atoms with van der Waals surface area (Å²) in [6.07, 6.45) is 2.81. The van der Waals surface area contributed by atoms with Crippen molar-refractivity contribution < 1.29 is 14.2 Å². The maximum absolute atomic E-state index is 5.75. The third-order valence-electron chi connectivity index (χ3n) is 2.78. The lowest BCUT2D eigenvalue weighted by Gasteiger charge is -2.15. The van der Waals surface area contributed by atoms with Gasteiger partial charge in [-0.15, -0.1) is 0 Å². The van der Waals surface area contributed by atoms with Crippen LogP contribution in [0.3, 0.4) is 0 Å². The second-order valence-corrected chi connectivity index (χ2v) is 4.19. The highest BCUT2D eigenvalue weighted by atomic mass is 16.5. The molecule has 4 heteroatoms. The van der Waals surface area contributed by atoms with Gasteiger partial charge < -0.3 is 19.1 Å². The monoisotopic (exact) mass is 231 g/mol. The van der Waals surface area contributed by atoms with Crippen LogP contribution >= 0.6 is 0 Å². The highest BCUT2D eigenvalue weighted by molar-refractivity contribution is 4.75. The zero-order chi connectivity index (χ0) is 11.6. The topological polar surface area (TPSA) is 30.9 Å². The summed E-state index contributed by atoms with van der Waals surface area (Å²) in [4.78, 5) is 2.47. The molecule has 1 rings (SSSR count). The van der Waals surface area contributed by atoms with Gasteiger partial charge in [-0.3, -0.25) is 0 Å². The van der Waals surface area contributed by atoms with Gasteiger partial charge >= 0.3 is 0 Å². The molecule has 1 heterocycles. The number of hydrogen-bond donors (Lipinski definition) is 0. The number of likely N-dealkylation sites (tertiary alicyclic amines) is 1. The van der Waals surface area contributed by atoms with Crippen LogP contribution in [0.15, 0.2) is 0 Å². The van der Waals surface area contributed by atoms with Crippen molar-refractivity contribution in [3.8, 4) is 0 Å². The molecule has 0 aromatic carbocycles. The molecule has 4 nitrogen and oxygen atoms in total. The molecule has 0 aromatic rings. The van der Waals surface area contributed by atoms with Crippen LogP contribution in [-0.4, -0.2) is 64.2 Å². The van der Waals surface area contributed by atoms with Gasteiger partial charge in [0.2, 0.25) is 0 Å². The summed E-state index contributed by atoms with van der Waals surface area (Å²) < 4.78 is 16.0. The molecule has 0 aliphatic carbocycles. The maximum atomic E-state index is 5.75. The Morgan fingerprint density at radius 2 is 2.00 bits per heavy atom. The summed E-state index contributed by atoms with van der Waals surface area (Å²) in [5.74, 6) is 0. The minimum absolute atomic E-state index is 0.414. The van der Waals surface area contributed by atoms with E-state index in [1.54, 1.807) is 7.11 Å². The molecule has 0 spiro atoms. The lowest BCUT2D eigenvalue weighted by atomic mass is 10.3. The SMILES string of the molecule is CCCN1CCC(OCCOCCOC)C1. The molecule has 1 aliphatic rings. The van der Waals surface area contributed by atoms with Crippen LogP contribution in [0.5, 0.6) is 0 Å². The van der Waals surface area contributed by atoms with Gasteiger partial charge in [-0.2, -0.15) is 0 Å². The van der Waals surface area contributed by atoms with Gasteiger partial charge in [0.25, 0.3) is 0 Å². The largest absolute Gasteiger partial charge is 0.382 e. The first-order valence-corrected chi connectivity index (χ1v) is 6.27. The van der Waals surface area contributed by atoms with Gasteiger partial charge in [0, 0.05) is 20.2 Å². The van der Waals surface area contributed by atoms with Crippen molar-refractivity contribution in [1.29, 1.82) is 0 Å². The van der Waals surface area contributed by atoms with Gasteiger partial charge in [-0.1, -0.05) is 6.92 Å². The Morgan fingerprint density at radius 3 is 2.75 bits per heavy atom. The van der Waals surface area contributed by atoms with Gasteiger partial charge in [0.1, 0.15) is 0 Å². The fourth-order valence-electron chi connectivity index (χ4n) is 1.97. The Kier molecular flexibility index (Phi) is 7.76. The lowest BCUT2D eigenvalue weighted by Crippen LogP contribution is -2.24. The van der Waals surface area contributed by atoms with Crippen molar-refractivity contribution >= 4 is 0 Å². The second-order valence-electron chi connectivity index (χ2n) is 4.19. The van der Waals surface area contributed by atoms with Crippen molar-refractivity contribution in [3.05, 3.63) is 0 Å². The zero-order valence-corrected chi connectivity index (χ0v) is 10.6. The molecule has 1 aliphatic heterocycles. The summed E-state index contributed by atoms with van der Waals surface area (Å²) in [6.45, 7) is 8.39. The van der Waals surface area contributed by atoms with E-state index in [1.807, 2.05) is 0 Å². The Bertz CT molecular complexity index is 166. The summed E-state index contributed by atoms with van der Waals surface area (Å²) in [5.41, 5.74) is 0. The van der Waals surface area contributed by atoms with Crippen LogP contribution < -0.4 is 0 Å². The standard InChI is InChI=1S/C12H25NO3/c1-3-5-13-6-4-12(11-13)16-10-9-15-8-7-14-2/h12H,3-11H2,1-2H3. The first kappa shape index (κ1) is 13.9. The van der Waals surface area contributed by atoms with Gasteiger partial charge in [-0.25, -0.2) is 0 Å². The predicted octanol–water partition coefficient (Wildman–Crippen LogP) is 1.15. The molecule has 96 valence electrons. The van der Waals surface area contributed by atoms with Gasteiger partial charge in [-0.05, 0) is 19.4 Å². The second kappa shape index (κ2) is 8.93. The molecule has 0 saturated carbocycles. The summed E-state index contributed by atoms with van der Waals surface area (Å²) in [5, 5.41) is 0. The Morgan fingerprint density at radius 1 is 1.19 bits per heavy atom. The van der Waals surface area contributed by atoms with Crippen LogP contribution in [0.25, 0.3) is 0 Å². The van der Waals surface area contributed by atoms with Crippen LogP contribution in [0.4, 0.5) is 0 Å². The highest BCUT2D eigenvalue weighted by Crippen LogP contribution is 2.12. The van der Waals surface area contributed by atoms with E-state index in [4.69, 9.17) is 14.2 Å². The van der Waals surface area contributed by atoms with Crippen molar-refractivity contribution in [3.63, 3.8) is 0 Å². The van der Waals surface area contributed by atoms with Crippen molar-refractivity contribution in [2.75, 3.05) is 53.2 Å². The smallest absolute Gasteiger partial charge is 0.0715 e. The molecule has 1 atom stereocenters. The molecule has 0 radical (unpaired) electrons. The number of ether oxygens (including phenoxy) is 3. The average Bonchev–Trinajstić information content (AvgIpc) is 2.72. The van der Waals surface area contributed by atoms with E-state index >= 15 is 0 Å². The Hall–Kier alpha value is -0.160. The molecule has 1 unspecified atom stereocenters. The minimum Gasteiger partial charge on any atom is -0.382 e. The summed E-state index contributed by atoms with van der Waals surface area (Å²) in [6, 6.07) is 0. The molecule has 0 amide bonds. The van der Waals surface area contributed by atoms with E-state index in [9.17, 15) is 0 Å². The highest BCUT2D eigenvalue weighted by Gasteiger charge is 2.21. The molecular formula is C12H25NO3. The normalized spacial score (nSPS) is 21.8. The van der Waals surface area contributed by atoms with Gasteiger partial charge in [0.15, 0.2) is 0 Å². The first-order valence-electron chi connectivity index (χ1n) is 6.27. The number of methoxy groups -OCH3 is 1. The van der Waals surface area contributed by atoms with E-state index in [0.717, 1.165) is 13.0 Å². The fourth-order valence-corrected chi connectivity index (χ4v) is 1.97. The molecule has 1 fully saturated rings. The average molecular weight is 231 g/mol. The first-order chi connectivity index (χ1) is 7.86. The Labute approximate surface area is 98.8 Å². The van der Waals surface area contributed by atoms with E-state index in [1.165, 1.54) is 19.5 Å². The molecule has 1 saturated heterocycles. The van der Waals surface area contributed by atoms with Crippen LogP contribution in [-0.2, 0) is 14.2 Å². The maximum Gasteiger partial charge on any atom is 0.0715 e. The summed E-state index contributed by atoms with van der Waals surface area (Å²) in [7, 11) is 1.68. The molecule has 0 bridgehead atoms. The number of hydrogen-bond acceptors (Lipinski definition) is 4.